The summed E-state index contributed by atoms with van der Waals surface area (Å²) in [7, 11) is 0. The summed E-state index contributed by atoms with van der Waals surface area (Å²) in [5.74, 6) is 12.2. The van der Waals surface area contributed by atoms with E-state index in [-0.39, 0.29) is 11.9 Å². The highest BCUT2D eigenvalue weighted by Gasteiger charge is 2.11. The average Bonchev–Trinajstić information content (AvgIpc) is 3.73. The maximum atomic E-state index is 12.1. The van der Waals surface area contributed by atoms with Crippen LogP contribution in [0.4, 0.5) is 0 Å². The van der Waals surface area contributed by atoms with E-state index in [4.69, 9.17) is 9.47 Å². The van der Waals surface area contributed by atoms with Gasteiger partial charge in [0.05, 0.1) is 32.7 Å². The van der Waals surface area contributed by atoms with Crippen molar-refractivity contribution in [3.8, 4) is 33.4 Å². The molecule has 0 aliphatic heterocycles. The third kappa shape index (κ3) is 7.93. The van der Waals surface area contributed by atoms with Gasteiger partial charge in [-0.25, -0.2) is 9.59 Å². The lowest BCUT2D eigenvalue weighted by Gasteiger charge is -2.00. The van der Waals surface area contributed by atoms with Gasteiger partial charge in [0.2, 0.25) is 0 Å². The average molecular weight is 579 g/mol. The summed E-state index contributed by atoms with van der Waals surface area (Å²) in [5.41, 5.74) is 0. The molecule has 0 amide bonds. The van der Waals surface area contributed by atoms with Crippen LogP contribution >= 0.6 is 45.3 Å². The number of thiophene rings is 4. The van der Waals surface area contributed by atoms with E-state index in [0.29, 0.717) is 23.0 Å². The molecule has 0 atom stereocenters. The SMILES string of the molecule is CCCCOC(=O)c1ccc(C#Cc2ccc(-c3ccc(C#Cc4ccc(C(=O)OCCCC)s4)s3)s2)s1. The highest BCUT2D eigenvalue weighted by Crippen LogP contribution is 2.33. The predicted octanol–water partition coefficient (Wildman–Crippen LogP) is 8.31. The highest BCUT2D eigenvalue weighted by atomic mass is 32.1. The van der Waals surface area contributed by atoms with Crippen LogP contribution in [0.15, 0.2) is 48.5 Å². The molecule has 0 unspecified atom stereocenters. The van der Waals surface area contributed by atoms with Crippen LogP contribution < -0.4 is 0 Å². The number of hydrogen-bond acceptors (Lipinski definition) is 8. The Hall–Kier alpha value is -3.14. The third-order valence-corrected chi connectivity index (χ3v) is 9.31. The van der Waals surface area contributed by atoms with E-state index in [1.54, 1.807) is 34.8 Å². The zero-order chi connectivity index (χ0) is 26.7. The Morgan fingerprint density at radius 2 is 0.947 bits per heavy atom. The molecule has 8 heteroatoms. The molecule has 4 aromatic rings. The molecule has 0 aliphatic carbocycles. The van der Waals surface area contributed by atoms with Crippen LogP contribution in [0.5, 0.6) is 0 Å². The smallest absolute Gasteiger partial charge is 0.348 e. The van der Waals surface area contributed by atoms with Crippen LogP contribution in [0.2, 0.25) is 0 Å². The maximum absolute atomic E-state index is 12.1. The third-order valence-electron chi connectivity index (χ3n) is 5.15. The normalized spacial score (nSPS) is 10.3. The molecule has 0 bridgehead atoms. The summed E-state index contributed by atoms with van der Waals surface area (Å²) >= 11 is 5.96. The van der Waals surface area contributed by atoms with Crippen LogP contribution in [0, 0.1) is 23.7 Å². The quantitative estimate of drug-likeness (QED) is 0.114. The van der Waals surface area contributed by atoms with Crippen LogP contribution in [-0.4, -0.2) is 25.2 Å². The molecule has 0 aromatic carbocycles. The van der Waals surface area contributed by atoms with Gasteiger partial charge in [0.15, 0.2) is 0 Å². The van der Waals surface area contributed by atoms with Gasteiger partial charge in [0, 0.05) is 9.75 Å². The topological polar surface area (TPSA) is 52.6 Å². The molecule has 38 heavy (non-hydrogen) atoms. The minimum atomic E-state index is -0.282. The van der Waals surface area contributed by atoms with Crippen molar-refractivity contribution in [3.05, 3.63) is 77.8 Å². The maximum Gasteiger partial charge on any atom is 0.348 e. The van der Waals surface area contributed by atoms with E-state index >= 15 is 0 Å². The molecule has 4 heterocycles. The van der Waals surface area contributed by atoms with Crippen molar-refractivity contribution in [2.75, 3.05) is 13.2 Å². The van der Waals surface area contributed by atoms with Gasteiger partial charge in [-0.3, -0.25) is 0 Å². The lowest BCUT2D eigenvalue weighted by molar-refractivity contribution is 0.0496. The fraction of sp³-hybridized carbons (Fsp3) is 0.267. The molecule has 4 rings (SSSR count). The lowest BCUT2D eigenvalue weighted by Crippen LogP contribution is -2.03. The van der Waals surface area contributed by atoms with Crippen LogP contribution in [0.1, 0.15) is 78.4 Å². The first-order chi connectivity index (χ1) is 18.6. The van der Waals surface area contributed by atoms with Gasteiger partial charge in [-0.1, -0.05) is 26.7 Å². The van der Waals surface area contributed by atoms with Crippen molar-refractivity contribution in [1.29, 1.82) is 0 Å². The highest BCUT2D eigenvalue weighted by molar-refractivity contribution is 7.22. The van der Waals surface area contributed by atoms with Crippen molar-refractivity contribution in [2.24, 2.45) is 0 Å². The molecule has 0 saturated heterocycles. The minimum absolute atomic E-state index is 0.282. The summed E-state index contributed by atoms with van der Waals surface area (Å²) in [6.45, 7) is 5.03. The molecule has 0 saturated carbocycles. The van der Waals surface area contributed by atoms with E-state index in [2.05, 4.69) is 49.7 Å². The number of ether oxygens (including phenoxy) is 2. The van der Waals surface area contributed by atoms with Crippen molar-refractivity contribution < 1.29 is 19.1 Å². The van der Waals surface area contributed by atoms with E-state index in [0.717, 1.165) is 54.9 Å². The standard InChI is InChI=1S/C30H26O4S4/c1-3-5-19-33-29(31)27-17-13-23(37-27)9-7-21-11-15-25(35-21)26-16-12-22(36-26)8-10-24-14-18-28(38-24)30(32)34-20-6-4-2/h11-18H,3-6,19-20H2,1-2H3. The lowest BCUT2D eigenvalue weighted by atomic mass is 10.3. The van der Waals surface area contributed by atoms with Crippen molar-refractivity contribution >= 4 is 57.3 Å². The van der Waals surface area contributed by atoms with Crippen LogP contribution in [-0.2, 0) is 9.47 Å². The summed E-state index contributed by atoms with van der Waals surface area (Å²) in [4.78, 5) is 31.2. The Balaban J connectivity index is 1.35. The van der Waals surface area contributed by atoms with Gasteiger partial charge in [0.25, 0.3) is 0 Å². The molecule has 0 fully saturated rings. The second-order valence-corrected chi connectivity index (χ2v) is 12.5. The van der Waals surface area contributed by atoms with E-state index in [9.17, 15) is 9.59 Å². The van der Waals surface area contributed by atoms with Crippen molar-refractivity contribution in [1.82, 2.24) is 0 Å². The van der Waals surface area contributed by atoms with Gasteiger partial charge in [-0.05, 0) is 85.1 Å². The molecule has 0 aliphatic rings. The second kappa shape index (κ2) is 14.1. The molecular weight excluding hydrogens is 553 g/mol. The second-order valence-electron chi connectivity index (χ2n) is 8.13. The molecule has 194 valence electrons. The number of hydrogen-bond donors (Lipinski definition) is 0. The van der Waals surface area contributed by atoms with E-state index in [1.165, 1.54) is 22.7 Å². The van der Waals surface area contributed by atoms with Gasteiger partial charge >= 0.3 is 11.9 Å². The number of carbonyl (C=O) groups excluding carboxylic acids is 2. The molecule has 4 aromatic heterocycles. The zero-order valence-electron chi connectivity index (χ0n) is 21.1. The van der Waals surface area contributed by atoms with Crippen molar-refractivity contribution in [3.63, 3.8) is 0 Å². The Morgan fingerprint density at radius 1 is 0.579 bits per heavy atom. The van der Waals surface area contributed by atoms with Gasteiger partial charge in [-0.2, -0.15) is 0 Å². The number of unbranched alkanes of at least 4 members (excludes halogenated alkanes) is 2. The Morgan fingerprint density at radius 3 is 1.34 bits per heavy atom. The summed E-state index contributed by atoms with van der Waals surface area (Å²) in [6, 6.07) is 15.4. The monoisotopic (exact) mass is 578 g/mol. The van der Waals surface area contributed by atoms with Gasteiger partial charge in [0.1, 0.15) is 9.75 Å². The van der Waals surface area contributed by atoms with Crippen LogP contribution in [0.3, 0.4) is 0 Å². The largest absolute Gasteiger partial charge is 0.462 e. The number of rotatable bonds is 9. The Labute approximate surface area is 239 Å². The molecular formula is C30H26O4S4. The van der Waals surface area contributed by atoms with Crippen molar-refractivity contribution in [2.45, 2.75) is 39.5 Å². The fourth-order valence-electron chi connectivity index (χ4n) is 3.11. The van der Waals surface area contributed by atoms with Gasteiger partial charge < -0.3 is 9.47 Å². The molecule has 4 nitrogen and oxygen atoms in total. The van der Waals surface area contributed by atoms with Crippen LogP contribution in [0.25, 0.3) is 9.75 Å². The predicted molar refractivity (Wildman–Crippen MR) is 159 cm³/mol. The summed E-state index contributed by atoms with van der Waals surface area (Å²) in [6.07, 6.45) is 3.73. The first kappa shape index (κ1) is 27.9. The number of esters is 2. The molecule has 0 N–H and O–H groups in total. The fourth-order valence-corrected chi connectivity index (χ4v) is 6.43. The molecule has 0 radical (unpaired) electrons. The summed E-state index contributed by atoms with van der Waals surface area (Å²) < 4.78 is 10.5. The first-order valence-corrected chi connectivity index (χ1v) is 15.6. The Kier molecular flexibility index (Phi) is 10.4. The number of carbonyl (C=O) groups is 2. The molecule has 0 spiro atoms. The van der Waals surface area contributed by atoms with Gasteiger partial charge in [-0.15, -0.1) is 45.3 Å². The summed E-state index contributed by atoms with van der Waals surface area (Å²) in [5, 5.41) is 0. The Bertz CT molecular complexity index is 1400. The van der Waals surface area contributed by atoms with E-state index in [1.807, 2.05) is 24.3 Å². The zero-order valence-corrected chi connectivity index (χ0v) is 24.4. The van der Waals surface area contributed by atoms with E-state index < -0.39 is 0 Å². The first-order valence-electron chi connectivity index (χ1n) is 12.3. The minimum Gasteiger partial charge on any atom is -0.462 e.